The Kier molecular flexibility index (Phi) is 6.40. The SMILES string of the molecule is C=CCn1nnnc1S[C@H](C)C(=O)N[C@@H]1CCN(Cc2ccccc2)C1. The number of benzene rings is 1. The highest BCUT2D eigenvalue weighted by Crippen LogP contribution is 2.21. The van der Waals surface area contributed by atoms with Gasteiger partial charge in [-0.2, -0.15) is 0 Å². The van der Waals surface area contributed by atoms with Crippen molar-refractivity contribution >= 4 is 17.7 Å². The second-order valence-corrected chi connectivity index (χ2v) is 7.72. The molecular weight excluding hydrogens is 348 g/mol. The summed E-state index contributed by atoms with van der Waals surface area (Å²) in [4.78, 5) is 14.9. The monoisotopic (exact) mass is 372 g/mol. The van der Waals surface area contributed by atoms with Crippen LogP contribution in [-0.4, -0.2) is 55.4 Å². The number of carbonyl (C=O) groups excluding carboxylic acids is 1. The number of hydrogen-bond acceptors (Lipinski definition) is 6. The zero-order valence-electron chi connectivity index (χ0n) is 14.9. The van der Waals surface area contributed by atoms with Gasteiger partial charge in [-0.05, 0) is 29.3 Å². The highest BCUT2D eigenvalue weighted by Gasteiger charge is 2.26. The molecule has 2 atom stereocenters. The van der Waals surface area contributed by atoms with Gasteiger partial charge in [-0.1, -0.05) is 48.2 Å². The summed E-state index contributed by atoms with van der Waals surface area (Å²) in [6, 6.07) is 10.6. The molecule has 2 aromatic rings. The summed E-state index contributed by atoms with van der Waals surface area (Å²) < 4.78 is 1.64. The number of allylic oxidation sites excluding steroid dienone is 1. The van der Waals surface area contributed by atoms with Gasteiger partial charge in [-0.25, -0.2) is 4.68 Å². The molecule has 1 aliphatic rings. The lowest BCUT2D eigenvalue weighted by molar-refractivity contribution is -0.120. The molecule has 0 bridgehead atoms. The summed E-state index contributed by atoms with van der Waals surface area (Å²) in [5.74, 6) is 0.0229. The molecule has 0 saturated carbocycles. The predicted octanol–water partition coefficient (Wildman–Crippen LogP) is 1.73. The normalized spacial score (nSPS) is 18.6. The topological polar surface area (TPSA) is 75.9 Å². The molecule has 1 N–H and O–H groups in total. The number of nitrogens with one attached hydrogen (secondary N) is 1. The van der Waals surface area contributed by atoms with Crippen molar-refractivity contribution in [1.29, 1.82) is 0 Å². The second kappa shape index (κ2) is 8.95. The minimum Gasteiger partial charge on any atom is -0.351 e. The number of carbonyl (C=O) groups is 1. The molecule has 1 fully saturated rings. The van der Waals surface area contributed by atoms with Crippen LogP contribution in [0.3, 0.4) is 0 Å². The number of thioether (sulfide) groups is 1. The fourth-order valence-corrected chi connectivity index (χ4v) is 3.79. The molecule has 0 spiro atoms. The van der Waals surface area contributed by atoms with Gasteiger partial charge in [0, 0.05) is 25.7 Å². The van der Waals surface area contributed by atoms with E-state index in [1.807, 2.05) is 13.0 Å². The number of hydrogen-bond donors (Lipinski definition) is 1. The van der Waals surface area contributed by atoms with E-state index in [1.54, 1.807) is 10.8 Å². The molecule has 8 heteroatoms. The Morgan fingerprint density at radius 1 is 1.46 bits per heavy atom. The van der Waals surface area contributed by atoms with E-state index in [0.29, 0.717) is 11.7 Å². The van der Waals surface area contributed by atoms with E-state index < -0.39 is 0 Å². The minimum absolute atomic E-state index is 0.0229. The van der Waals surface area contributed by atoms with Crippen LogP contribution in [-0.2, 0) is 17.9 Å². The Morgan fingerprint density at radius 2 is 2.27 bits per heavy atom. The summed E-state index contributed by atoms with van der Waals surface area (Å²) in [5.41, 5.74) is 1.30. The Labute approximate surface area is 157 Å². The molecule has 1 aromatic heterocycles. The number of aromatic nitrogens is 4. The average Bonchev–Trinajstić information content (AvgIpc) is 3.26. The van der Waals surface area contributed by atoms with Crippen molar-refractivity contribution < 1.29 is 4.79 Å². The lowest BCUT2D eigenvalue weighted by atomic mass is 10.2. The third-order valence-electron chi connectivity index (χ3n) is 4.32. The van der Waals surface area contributed by atoms with Crippen molar-refractivity contribution in [3.63, 3.8) is 0 Å². The second-order valence-electron chi connectivity index (χ2n) is 6.41. The third kappa shape index (κ3) is 4.92. The molecule has 1 saturated heterocycles. The fraction of sp³-hybridized carbons (Fsp3) is 0.444. The van der Waals surface area contributed by atoms with Crippen molar-refractivity contribution in [1.82, 2.24) is 30.4 Å². The van der Waals surface area contributed by atoms with Gasteiger partial charge < -0.3 is 5.32 Å². The zero-order chi connectivity index (χ0) is 18.4. The molecule has 0 radical (unpaired) electrons. The van der Waals surface area contributed by atoms with Crippen LogP contribution < -0.4 is 5.32 Å². The van der Waals surface area contributed by atoms with Gasteiger partial charge in [0.05, 0.1) is 11.8 Å². The predicted molar refractivity (Wildman–Crippen MR) is 102 cm³/mol. The molecule has 1 amide bonds. The van der Waals surface area contributed by atoms with Crippen LogP contribution in [0.25, 0.3) is 0 Å². The Bertz CT molecular complexity index is 734. The number of nitrogens with zero attached hydrogens (tertiary/aromatic N) is 5. The van der Waals surface area contributed by atoms with E-state index >= 15 is 0 Å². The van der Waals surface area contributed by atoms with Gasteiger partial charge in [0.2, 0.25) is 11.1 Å². The molecule has 2 heterocycles. The van der Waals surface area contributed by atoms with E-state index in [0.717, 1.165) is 26.1 Å². The molecule has 1 aliphatic heterocycles. The van der Waals surface area contributed by atoms with Crippen LogP contribution in [0.5, 0.6) is 0 Å². The largest absolute Gasteiger partial charge is 0.351 e. The number of likely N-dealkylation sites (tertiary alicyclic amines) is 1. The molecular formula is C18H24N6OS. The van der Waals surface area contributed by atoms with Crippen molar-refractivity contribution in [2.24, 2.45) is 0 Å². The Balaban J connectivity index is 1.47. The van der Waals surface area contributed by atoms with Crippen LogP contribution in [0.4, 0.5) is 0 Å². The fourth-order valence-electron chi connectivity index (χ4n) is 2.98. The van der Waals surface area contributed by atoms with Crippen LogP contribution >= 0.6 is 11.8 Å². The van der Waals surface area contributed by atoms with Crippen LogP contribution in [0.15, 0.2) is 48.1 Å². The highest BCUT2D eigenvalue weighted by atomic mass is 32.2. The zero-order valence-corrected chi connectivity index (χ0v) is 15.7. The van der Waals surface area contributed by atoms with Gasteiger partial charge >= 0.3 is 0 Å². The molecule has 26 heavy (non-hydrogen) atoms. The van der Waals surface area contributed by atoms with Crippen LogP contribution in [0.1, 0.15) is 18.9 Å². The molecule has 0 unspecified atom stereocenters. The lowest BCUT2D eigenvalue weighted by Crippen LogP contribution is -2.40. The van der Waals surface area contributed by atoms with E-state index in [-0.39, 0.29) is 17.2 Å². The van der Waals surface area contributed by atoms with Gasteiger partial charge in [0.1, 0.15) is 0 Å². The van der Waals surface area contributed by atoms with E-state index in [9.17, 15) is 4.79 Å². The maximum absolute atomic E-state index is 12.5. The first-order chi connectivity index (χ1) is 12.7. The van der Waals surface area contributed by atoms with Gasteiger partial charge in [-0.3, -0.25) is 9.69 Å². The third-order valence-corrected chi connectivity index (χ3v) is 5.39. The molecule has 0 aliphatic carbocycles. The van der Waals surface area contributed by atoms with Crippen molar-refractivity contribution in [3.8, 4) is 0 Å². The van der Waals surface area contributed by atoms with Crippen LogP contribution in [0, 0.1) is 0 Å². The molecule has 1 aromatic carbocycles. The van der Waals surface area contributed by atoms with Crippen LogP contribution in [0.2, 0.25) is 0 Å². The number of rotatable bonds is 8. The van der Waals surface area contributed by atoms with Crippen molar-refractivity contribution in [3.05, 3.63) is 48.6 Å². The summed E-state index contributed by atoms with van der Waals surface area (Å²) in [7, 11) is 0. The first kappa shape index (κ1) is 18.6. The maximum Gasteiger partial charge on any atom is 0.233 e. The summed E-state index contributed by atoms with van der Waals surface area (Å²) in [6.45, 7) is 8.90. The summed E-state index contributed by atoms with van der Waals surface area (Å²) in [6.07, 6.45) is 2.70. The van der Waals surface area contributed by atoms with E-state index in [2.05, 4.69) is 56.6 Å². The van der Waals surface area contributed by atoms with Crippen molar-refractivity contribution in [2.75, 3.05) is 13.1 Å². The quantitative estimate of drug-likeness (QED) is 0.562. The van der Waals surface area contributed by atoms with E-state index in [1.165, 1.54) is 17.3 Å². The first-order valence-corrected chi connectivity index (χ1v) is 9.64. The van der Waals surface area contributed by atoms with E-state index in [4.69, 9.17) is 0 Å². The highest BCUT2D eigenvalue weighted by molar-refractivity contribution is 8.00. The maximum atomic E-state index is 12.5. The minimum atomic E-state index is -0.257. The van der Waals surface area contributed by atoms with Gasteiger partial charge in [0.25, 0.3) is 0 Å². The summed E-state index contributed by atoms with van der Waals surface area (Å²) >= 11 is 1.37. The molecule has 7 nitrogen and oxygen atoms in total. The van der Waals surface area contributed by atoms with Gasteiger partial charge in [0.15, 0.2) is 0 Å². The average molecular weight is 372 g/mol. The number of tetrazole rings is 1. The molecule has 138 valence electrons. The smallest absolute Gasteiger partial charge is 0.233 e. The van der Waals surface area contributed by atoms with Gasteiger partial charge in [-0.15, -0.1) is 11.7 Å². The standard InChI is InChI=1S/C18H24N6OS/c1-3-10-24-18(20-21-22-24)26-14(2)17(25)19-16-9-11-23(13-16)12-15-7-5-4-6-8-15/h3-8,14,16H,1,9-13H2,2H3,(H,19,25)/t14-,16-/m1/s1. The first-order valence-electron chi connectivity index (χ1n) is 8.76. The Morgan fingerprint density at radius 3 is 3.04 bits per heavy atom. The Hall–Kier alpha value is -2.19. The number of amides is 1. The molecule has 3 rings (SSSR count). The lowest BCUT2D eigenvalue weighted by Gasteiger charge is -2.18. The van der Waals surface area contributed by atoms with Crippen molar-refractivity contribution in [2.45, 2.75) is 42.9 Å². The summed E-state index contributed by atoms with van der Waals surface area (Å²) in [5, 5.41) is 15.1.